The van der Waals surface area contributed by atoms with E-state index in [0.29, 0.717) is 30.2 Å². The Morgan fingerprint density at radius 3 is 2.58 bits per heavy atom. The summed E-state index contributed by atoms with van der Waals surface area (Å²) >= 11 is 1.62. The van der Waals surface area contributed by atoms with Crippen LogP contribution in [0.15, 0.2) is 78.9 Å². The third kappa shape index (κ3) is 5.09. The zero-order valence-corrected chi connectivity index (χ0v) is 18.1. The van der Waals surface area contributed by atoms with Gasteiger partial charge in [0.2, 0.25) is 5.91 Å². The highest BCUT2D eigenvalue weighted by Gasteiger charge is 2.32. The smallest absolute Gasteiger partial charge is 0.255 e. The van der Waals surface area contributed by atoms with Crippen molar-refractivity contribution < 1.29 is 14.3 Å². The number of anilines is 1. The average Bonchev–Trinajstić information content (AvgIpc) is 3.15. The van der Waals surface area contributed by atoms with Crippen LogP contribution >= 0.6 is 11.8 Å². The van der Waals surface area contributed by atoms with E-state index in [0.717, 1.165) is 16.9 Å². The maximum atomic E-state index is 12.7. The van der Waals surface area contributed by atoms with Crippen molar-refractivity contribution in [3.05, 3.63) is 95.6 Å². The van der Waals surface area contributed by atoms with Crippen LogP contribution in [0.4, 0.5) is 5.69 Å². The number of amides is 2. The van der Waals surface area contributed by atoms with Crippen LogP contribution in [0.5, 0.6) is 5.75 Å². The number of nitrogens with zero attached hydrogens (tertiary/aromatic N) is 1. The third-order valence-electron chi connectivity index (χ3n) is 5.02. The molecule has 1 aliphatic rings. The van der Waals surface area contributed by atoms with Gasteiger partial charge in [-0.1, -0.05) is 48.5 Å². The second-order valence-electron chi connectivity index (χ2n) is 7.21. The molecule has 0 aromatic heterocycles. The lowest BCUT2D eigenvalue weighted by Crippen LogP contribution is -2.27. The first-order valence-corrected chi connectivity index (χ1v) is 11.3. The summed E-state index contributed by atoms with van der Waals surface area (Å²) in [4.78, 5) is 27.0. The van der Waals surface area contributed by atoms with E-state index >= 15 is 0 Å². The van der Waals surface area contributed by atoms with Crippen molar-refractivity contribution in [2.45, 2.75) is 18.8 Å². The summed E-state index contributed by atoms with van der Waals surface area (Å²) in [5.74, 6) is 1.14. The van der Waals surface area contributed by atoms with Crippen LogP contribution in [-0.4, -0.2) is 29.1 Å². The first kappa shape index (κ1) is 21.0. The van der Waals surface area contributed by atoms with Crippen molar-refractivity contribution in [1.29, 1.82) is 0 Å². The largest absolute Gasteiger partial charge is 0.494 e. The summed E-state index contributed by atoms with van der Waals surface area (Å²) in [5, 5.41) is 2.86. The lowest BCUT2D eigenvalue weighted by atomic mass is 10.1. The fraction of sp³-hybridized carbons (Fsp3) is 0.200. The summed E-state index contributed by atoms with van der Waals surface area (Å²) in [7, 11) is 0. The minimum absolute atomic E-state index is 0.0484. The summed E-state index contributed by atoms with van der Waals surface area (Å²) in [6.45, 7) is 3.07. The third-order valence-corrected chi connectivity index (χ3v) is 6.28. The van der Waals surface area contributed by atoms with Crippen LogP contribution in [0.3, 0.4) is 0 Å². The standard InChI is InChI=1S/C25H24N2O3S/c1-2-30-22-10-6-9-21(15-22)26-24(29)19-11-13-20(14-12-19)25-27(23(28)17-31-25)16-18-7-4-3-5-8-18/h3-15,25H,2,16-17H2,1H3,(H,26,29)/t25-/m0/s1. The maximum absolute atomic E-state index is 12.7. The fourth-order valence-electron chi connectivity index (χ4n) is 3.51. The number of carbonyl (C=O) groups excluding carboxylic acids is 2. The molecule has 31 heavy (non-hydrogen) atoms. The number of hydrogen-bond donors (Lipinski definition) is 1. The van der Waals surface area contributed by atoms with Crippen LogP contribution in [0.25, 0.3) is 0 Å². The molecule has 1 atom stereocenters. The zero-order chi connectivity index (χ0) is 21.6. The molecule has 0 unspecified atom stereocenters. The Kier molecular flexibility index (Phi) is 6.57. The Balaban J connectivity index is 1.45. The van der Waals surface area contributed by atoms with Crippen molar-refractivity contribution >= 4 is 29.3 Å². The number of thioether (sulfide) groups is 1. The molecule has 158 valence electrons. The first-order valence-electron chi connectivity index (χ1n) is 10.2. The van der Waals surface area contributed by atoms with E-state index in [1.165, 1.54) is 0 Å². The monoisotopic (exact) mass is 432 g/mol. The van der Waals surface area contributed by atoms with Crippen molar-refractivity contribution in [3.8, 4) is 5.75 Å². The molecule has 1 saturated heterocycles. The molecular formula is C25H24N2O3S. The van der Waals surface area contributed by atoms with Gasteiger partial charge < -0.3 is 15.0 Å². The van der Waals surface area contributed by atoms with E-state index in [2.05, 4.69) is 5.32 Å². The molecule has 0 saturated carbocycles. The lowest BCUT2D eigenvalue weighted by Gasteiger charge is -2.24. The molecule has 1 aliphatic heterocycles. The topological polar surface area (TPSA) is 58.6 Å². The fourth-order valence-corrected chi connectivity index (χ4v) is 4.70. The summed E-state index contributed by atoms with van der Waals surface area (Å²) < 4.78 is 5.48. The first-order chi connectivity index (χ1) is 15.1. The molecule has 4 rings (SSSR count). The van der Waals surface area contributed by atoms with Crippen LogP contribution in [0.2, 0.25) is 0 Å². The van der Waals surface area contributed by atoms with Crippen molar-refractivity contribution in [2.24, 2.45) is 0 Å². The molecule has 1 heterocycles. The van der Waals surface area contributed by atoms with Crippen LogP contribution in [-0.2, 0) is 11.3 Å². The number of ether oxygens (including phenoxy) is 1. The molecule has 3 aromatic rings. The number of hydrogen-bond acceptors (Lipinski definition) is 4. The van der Waals surface area contributed by atoms with Gasteiger partial charge in [0, 0.05) is 23.9 Å². The molecule has 5 nitrogen and oxygen atoms in total. The molecule has 3 aromatic carbocycles. The Bertz CT molecular complexity index is 1050. The van der Waals surface area contributed by atoms with Gasteiger partial charge in [0.05, 0.1) is 12.4 Å². The predicted octanol–water partition coefficient (Wildman–Crippen LogP) is 5.11. The van der Waals surface area contributed by atoms with Crippen molar-refractivity contribution in [1.82, 2.24) is 4.90 Å². The normalized spacial score (nSPS) is 15.7. The van der Waals surface area contributed by atoms with E-state index in [9.17, 15) is 9.59 Å². The summed E-state index contributed by atoms with van der Waals surface area (Å²) in [6, 6.07) is 24.8. The molecule has 0 bridgehead atoms. The molecule has 0 spiro atoms. The molecule has 0 radical (unpaired) electrons. The van der Waals surface area contributed by atoms with Crippen LogP contribution < -0.4 is 10.1 Å². The van der Waals surface area contributed by atoms with Gasteiger partial charge in [-0.05, 0) is 42.3 Å². The van der Waals surface area contributed by atoms with Gasteiger partial charge in [0.1, 0.15) is 11.1 Å². The van der Waals surface area contributed by atoms with Gasteiger partial charge in [-0.15, -0.1) is 11.8 Å². The number of benzene rings is 3. The van der Waals surface area contributed by atoms with Gasteiger partial charge in [-0.25, -0.2) is 0 Å². The molecule has 0 aliphatic carbocycles. The highest BCUT2D eigenvalue weighted by atomic mass is 32.2. The van der Waals surface area contributed by atoms with Crippen molar-refractivity contribution in [2.75, 3.05) is 17.7 Å². The number of rotatable bonds is 7. The SMILES string of the molecule is CCOc1cccc(NC(=O)c2ccc([C@@H]3SCC(=O)N3Cc3ccccc3)cc2)c1. The van der Waals surface area contributed by atoms with Gasteiger partial charge in [0.25, 0.3) is 5.91 Å². The summed E-state index contributed by atoms with van der Waals surface area (Å²) in [6.07, 6.45) is 0. The van der Waals surface area contributed by atoms with Crippen LogP contribution in [0.1, 0.15) is 33.8 Å². The van der Waals surface area contributed by atoms with Gasteiger partial charge in [0.15, 0.2) is 0 Å². The molecule has 1 fully saturated rings. The minimum atomic E-state index is -0.184. The number of nitrogens with one attached hydrogen (secondary N) is 1. The van der Waals surface area contributed by atoms with E-state index < -0.39 is 0 Å². The second kappa shape index (κ2) is 9.71. The average molecular weight is 433 g/mol. The quantitative estimate of drug-likeness (QED) is 0.564. The minimum Gasteiger partial charge on any atom is -0.494 e. The van der Waals surface area contributed by atoms with E-state index in [-0.39, 0.29) is 17.2 Å². The van der Waals surface area contributed by atoms with Crippen LogP contribution in [0, 0.1) is 0 Å². The highest BCUT2D eigenvalue weighted by molar-refractivity contribution is 8.00. The second-order valence-corrected chi connectivity index (χ2v) is 8.28. The molecule has 6 heteroatoms. The summed E-state index contributed by atoms with van der Waals surface area (Å²) in [5.41, 5.74) is 3.37. The lowest BCUT2D eigenvalue weighted by molar-refractivity contribution is -0.128. The highest BCUT2D eigenvalue weighted by Crippen LogP contribution is 2.39. The molecule has 2 amide bonds. The molecular weight excluding hydrogens is 408 g/mol. The Labute approximate surface area is 186 Å². The number of carbonyl (C=O) groups is 2. The van der Waals surface area contributed by atoms with E-state index in [1.807, 2.05) is 72.5 Å². The predicted molar refractivity (Wildman–Crippen MR) is 124 cm³/mol. The Morgan fingerprint density at radius 1 is 1.06 bits per heavy atom. The van der Waals surface area contributed by atoms with E-state index in [1.54, 1.807) is 30.0 Å². The van der Waals surface area contributed by atoms with E-state index in [4.69, 9.17) is 4.74 Å². The van der Waals surface area contributed by atoms with Crippen molar-refractivity contribution in [3.63, 3.8) is 0 Å². The Morgan fingerprint density at radius 2 is 1.84 bits per heavy atom. The zero-order valence-electron chi connectivity index (χ0n) is 17.3. The molecule has 1 N–H and O–H groups in total. The van der Waals surface area contributed by atoms with Gasteiger partial charge in [-0.2, -0.15) is 0 Å². The van der Waals surface area contributed by atoms with Gasteiger partial charge >= 0.3 is 0 Å². The Hall–Kier alpha value is -3.25. The maximum Gasteiger partial charge on any atom is 0.255 e. The van der Waals surface area contributed by atoms with Gasteiger partial charge in [-0.3, -0.25) is 9.59 Å².